The van der Waals surface area contributed by atoms with Crippen LogP contribution < -0.4 is 11.2 Å². The predicted molar refractivity (Wildman–Crippen MR) is 81.6 cm³/mol. The predicted octanol–water partition coefficient (Wildman–Crippen LogP) is -0.851. The van der Waals surface area contributed by atoms with E-state index in [1.807, 2.05) is 11.1 Å². The minimum absolute atomic E-state index is 0.129. The molecular weight excluding hydrogens is 339 g/mol. The Hall–Kier alpha value is -2.72. The zero-order chi connectivity index (χ0) is 18.6. The van der Waals surface area contributed by atoms with Crippen molar-refractivity contribution < 1.29 is 28.9 Å². The van der Waals surface area contributed by atoms with Crippen molar-refractivity contribution in [2.45, 2.75) is 12.7 Å². The third-order valence-corrected chi connectivity index (χ3v) is 3.91. The van der Waals surface area contributed by atoms with Crippen LogP contribution in [0.1, 0.15) is 6.42 Å². The summed E-state index contributed by atoms with van der Waals surface area (Å²) in [6.07, 6.45) is 3.41. The standard InChI is InChI=1S/C11H14O5.C4H3FN2O2/c1-15-10(13)8-5-16-11(14)9-6(4-12)2-3-7(8)9;5-2-1-6-4(9)7-3(2)8/h2,5,7,9,11-12,14H,3-4H2,1H3;1H,(H2,6,7,8,9)/t7-,9-,11-;/m1./s1. The summed E-state index contributed by atoms with van der Waals surface area (Å²) in [6.45, 7) is -0.129. The average molecular weight is 356 g/mol. The lowest BCUT2D eigenvalue weighted by Gasteiger charge is -2.31. The van der Waals surface area contributed by atoms with Gasteiger partial charge in [0.2, 0.25) is 12.1 Å². The number of fused-ring (bicyclic) bond motifs is 1. The van der Waals surface area contributed by atoms with Gasteiger partial charge in [0.25, 0.3) is 5.56 Å². The number of esters is 1. The summed E-state index contributed by atoms with van der Waals surface area (Å²) < 4.78 is 21.6. The molecule has 2 aliphatic rings. The fourth-order valence-corrected chi connectivity index (χ4v) is 2.72. The molecule has 4 N–H and O–H groups in total. The van der Waals surface area contributed by atoms with E-state index in [2.05, 4.69) is 4.74 Å². The van der Waals surface area contributed by atoms with Gasteiger partial charge < -0.3 is 24.7 Å². The van der Waals surface area contributed by atoms with Crippen LogP contribution in [0, 0.1) is 17.7 Å². The number of carbonyl (C=O) groups is 1. The highest BCUT2D eigenvalue weighted by Gasteiger charge is 2.43. The Bertz CT molecular complexity index is 811. The number of aromatic amines is 2. The molecule has 0 saturated carbocycles. The second-order valence-electron chi connectivity index (χ2n) is 5.32. The van der Waals surface area contributed by atoms with Gasteiger partial charge in [-0.05, 0) is 12.0 Å². The number of hydrogen-bond acceptors (Lipinski definition) is 7. The molecule has 25 heavy (non-hydrogen) atoms. The summed E-state index contributed by atoms with van der Waals surface area (Å²) in [5, 5.41) is 18.8. The Morgan fingerprint density at radius 1 is 1.48 bits per heavy atom. The molecule has 136 valence electrons. The highest BCUT2D eigenvalue weighted by molar-refractivity contribution is 5.89. The Labute approximate surface area is 140 Å². The minimum Gasteiger partial charge on any atom is -0.472 e. The SMILES string of the molecule is COC(=O)C1=CO[C@@H](O)[C@@H]2C(CO)=CC[C@H]12.O=c1[nH]cc(F)c(=O)[nH]1. The van der Waals surface area contributed by atoms with Crippen molar-refractivity contribution in [3.63, 3.8) is 0 Å². The van der Waals surface area contributed by atoms with Crippen LogP contribution in [-0.2, 0) is 14.3 Å². The maximum Gasteiger partial charge on any atom is 0.337 e. The second kappa shape index (κ2) is 7.90. The summed E-state index contributed by atoms with van der Waals surface area (Å²) in [4.78, 5) is 35.5. The monoisotopic (exact) mass is 356 g/mol. The third-order valence-electron chi connectivity index (χ3n) is 3.91. The number of allylic oxidation sites excluding steroid dienone is 1. The number of H-pyrrole nitrogens is 2. The molecule has 2 heterocycles. The quantitative estimate of drug-likeness (QED) is 0.399. The van der Waals surface area contributed by atoms with Crippen LogP contribution in [0.25, 0.3) is 0 Å². The number of aromatic nitrogens is 2. The zero-order valence-corrected chi connectivity index (χ0v) is 13.2. The molecule has 0 amide bonds. The van der Waals surface area contributed by atoms with Crippen molar-refractivity contribution in [3.05, 3.63) is 56.3 Å². The van der Waals surface area contributed by atoms with Gasteiger partial charge in [-0.25, -0.2) is 9.59 Å². The smallest absolute Gasteiger partial charge is 0.337 e. The van der Waals surface area contributed by atoms with Gasteiger partial charge in [-0.15, -0.1) is 0 Å². The lowest BCUT2D eigenvalue weighted by molar-refractivity contribution is -0.141. The lowest BCUT2D eigenvalue weighted by atomic mass is 9.83. The first kappa shape index (κ1) is 18.6. The molecule has 0 aromatic carbocycles. The van der Waals surface area contributed by atoms with E-state index < -0.39 is 29.3 Å². The van der Waals surface area contributed by atoms with Crippen molar-refractivity contribution in [2.24, 2.45) is 11.8 Å². The number of carbonyl (C=O) groups excluding carboxylic acids is 1. The number of rotatable bonds is 2. The number of halogens is 1. The normalized spacial score (nSPS) is 24.1. The molecule has 1 aromatic rings. The molecule has 10 heteroatoms. The van der Waals surface area contributed by atoms with E-state index in [0.29, 0.717) is 23.8 Å². The van der Waals surface area contributed by atoms with E-state index in [9.17, 15) is 23.9 Å². The number of aliphatic hydroxyl groups is 2. The minimum atomic E-state index is -1.00. The molecule has 1 aliphatic carbocycles. The molecule has 3 rings (SSSR count). The van der Waals surface area contributed by atoms with Gasteiger partial charge in [-0.1, -0.05) is 6.08 Å². The first-order chi connectivity index (χ1) is 11.9. The first-order valence-electron chi connectivity index (χ1n) is 7.28. The van der Waals surface area contributed by atoms with Crippen molar-refractivity contribution >= 4 is 5.97 Å². The van der Waals surface area contributed by atoms with Gasteiger partial charge in [0.05, 0.1) is 31.5 Å². The number of methoxy groups -OCH3 is 1. The molecule has 0 fully saturated rings. The van der Waals surface area contributed by atoms with Crippen LogP contribution in [0.3, 0.4) is 0 Å². The summed E-state index contributed by atoms with van der Waals surface area (Å²) >= 11 is 0. The molecule has 0 radical (unpaired) electrons. The molecule has 3 atom stereocenters. The van der Waals surface area contributed by atoms with Gasteiger partial charge >= 0.3 is 11.7 Å². The van der Waals surface area contributed by atoms with Gasteiger partial charge in [0, 0.05) is 12.1 Å². The van der Waals surface area contributed by atoms with Crippen molar-refractivity contribution in [2.75, 3.05) is 13.7 Å². The average Bonchev–Trinajstić information content (AvgIpc) is 3.04. The summed E-state index contributed by atoms with van der Waals surface area (Å²) in [5.41, 5.74) is -0.579. The van der Waals surface area contributed by atoms with E-state index in [1.54, 1.807) is 4.98 Å². The van der Waals surface area contributed by atoms with Crippen molar-refractivity contribution in [3.8, 4) is 0 Å². The number of aliphatic hydroxyl groups excluding tert-OH is 2. The maximum atomic E-state index is 12.0. The van der Waals surface area contributed by atoms with Crippen LogP contribution >= 0.6 is 0 Å². The van der Waals surface area contributed by atoms with Crippen molar-refractivity contribution in [1.29, 1.82) is 0 Å². The molecule has 1 aliphatic heterocycles. The van der Waals surface area contributed by atoms with Gasteiger partial charge in [-0.2, -0.15) is 4.39 Å². The fraction of sp³-hybridized carbons (Fsp3) is 0.400. The maximum absolute atomic E-state index is 12.0. The fourth-order valence-electron chi connectivity index (χ4n) is 2.72. The van der Waals surface area contributed by atoms with E-state index in [4.69, 9.17) is 9.84 Å². The zero-order valence-electron chi connectivity index (χ0n) is 13.2. The Balaban J connectivity index is 0.000000212. The number of nitrogens with one attached hydrogen (secondary N) is 2. The molecule has 0 bridgehead atoms. The Morgan fingerprint density at radius 3 is 2.76 bits per heavy atom. The van der Waals surface area contributed by atoms with Crippen molar-refractivity contribution in [1.82, 2.24) is 9.97 Å². The van der Waals surface area contributed by atoms with E-state index in [-0.39, 0.29) is 18.4 Å². The lowest BCUT2D eigenvalue weighted by Crippen LogP contribution is -2.35. The van der Waals surface area contributed by atoms with Crippen LogP contribution in [0.15, 0.2) is 39.3 Å². The number of ether oxygens (including phenoxy) is 2. The van der Waals surface area contributed by atoms with E-state index >= 15 is 0 Å². The van der Waals surface area contributed by atoms with E-state index in [0.717, 1.165) is 0 Å². The molecule has 0 saturated heterocycles. The molecule has 0 spiro atoms. The summed E-state index contributed by atoms with van der Waals surface area (Å²) in [6, 6.07) is 0. The topological polar surface area (TPSA) is 142 Å². The summed E-state index contributed by atoms with van der Waals surface area (Å²) in [7, 11) is 1.30. The van der Waals surface area contributed by atoms with Gasteiger partial charge in [0.1, 0.15) is 0 Å². The van der Waals surface area contributed by atoms with Crippen LogP contribution in [0.4, 0.5) is 4.39 Å². The molecular formula is C15H17FN2O7. The second-order valence-corrected chi connectivity index (χ2v) is 5.32. The van der Waals surface area contributed by atoms with Crippen LogP contribution in [-0.4, -0.2) is 46.2 Å². The molecule has 9 nitrogen and oxygen atoms in total. The Morgan fingerprint density at radius 2 is 2.20 bits per heavy atom. The number of hydrogen-bond donors (Lipinski definition) is 4. The van der Waals surface area contributed by atoms with Crippen LogP contribution in [0.5, 0.6) is 0 Å². The Kier molecular flexibility index (Phi) is 5.88. The van der Waals surface area contributed by atoms with Gasteiger partial charge in [0.15, 0.2) is 0 Å². The largest absolute Gasteiger partial charge is 0.472 e. The van der Waals surface area contributed by atoms with Gasteiger partial charge in [-0.3, -0.25) is 9.78 Å². The summed E-state index contributed by atoms with van der Waals surface area (Å²) in [5.74, 6) is -1.94. The highest BCUT2D eigenvalue weighted by Crippen LogP contribution is 2.42. The first-order valence-corrected chi connectivity index (χ1v) is 7.28. The van der Waals surface area contributed by atoms with Crippen LogP contribution in [0.2, 0.25) is 0 Å². The third kappa shape index (κ3) is 4.03. The highest BCUT2D eigenvalue weighted by atomic mass is 19.1. The van der Waals surface area contributed by atoms with E-state index in [1.165, 1.54) is 13.4 Å². The molecule has 0 unspecified atom stereocenters. The molecule has 1 aromatic heterocycles.